The number of likely N-dealkylation sites (N-methyl/N-ethyl adjacent to an activating group) is 1. The molecule has 0 aliphatic heterocycles. The zero-order chi connectivity index (χ0) is 10.7. The number of nitrogens with one attached hydrogen (secondary N) is 1. The lowest BCUT2D eigenvalue weighted by Crippen LogP contribution is -2.30. The van der Waals surface area contributed by atoms with Crippen molar-refractivity contribution >= 4 is 0 Å². The third-order valence-corrected chi connectivity index (χ3v) is 4.14. The van der Waals surface area contributed by atoms with E-state index in [1.807, 2.05) is 0 Å². The third-order valence-electron chi connectivity index (χ3n) is 4.14. The topological polar surface area (TPSA) is 12.0 Å². The number of hydrogen-bond donors (Lipinski definition) is 1. The van der Waals surface area contributed by atoms with Crippen molar-refractivity contribution < 1.29 is 0 Å². The van der Waals surface area contributed by atoms with Crippen molar-refractivity contribution in [1.29, 1.82) is 0 Å². The molecule has 0 aromatic rings. The lowest BCUT2D eigenvalue weighted by atomic mass is 9.92. The van der Waals surface area contributed by atoms with Crippen molar-refractivity contribution in [3.63, 3.8) is 0 Å². The monoisotopic (exact) mass is 207 g/mol. The average Bonchev–Trinajstić information content (AvgIpc) is 2.87. The molecular formula is C14H25N. The molecule has 0 bridgehead atoms. The van der Waals surface area contributed by atoms with Crippen molar-refractivity contribution in [2.75, 3.05) is 7.05 Å². The van der Waals surface area contributed by atoms with Gasteiger partial charge in [-0.05, 0) is 51.0 Å². The second kappa shape index (κ2) is 5.16. The standard InChI is InChI=1S/C14H25N/c1-11-10-13(11)14(15-2)12-8-6-4-3-5-7-9-12/h8,11,13-15H,3-7,9-10H2,1-2H3. The second-order valence-corrected chi connectivity index (χ2v) is 5.38. The fourth-order valence-electron chi connectivity index (χ4n) is 2.99. The molecule has 15 heavy (non-hydrogen) atoms. The molecule has 0 spiro atoms. The molecule has 0 saturated heterocycles. The lowest BCUT2D eigenvalue weighted by Gasteiger charge is -2.22. The van der Waals surface area contributed by atoms with Crippen LogP contribution >= 0.6 is 0 Å². The van der Waals surface area contributed by atoms with Gasteiger partial charge in [-0.15, -0.1) is 0 Å². The van der Waals surface area contributed by atoms with E-state index in [1.54, 1.807) is 5.57 Å². The maximum absolute atomic E-state index is 3.54. The Morgan fingerprint density at radius 1 is 1.27 bits per heavy atom. The Labute approximate surface area is 94.3 Å². The summed E-state index contributed by atoms with van der Waals surface area (Å²) in [5, 5.41) is 3.54. The highest BCUT2D eigenvalue weighted by Gasteiger charge is 2.39. The summed E-state index contributed by atoms with van der Waals surface area (Å²) in [6, 6.07) is 0.693. The van der Waals surface area contributed by atoms with Crippen molar-refractivity contribution in [2.45, 2.75) is 57.9 Å². The van der Waals surface area contributed by atoms with Gasteiger partial charge in [0.2, 0.25) is 0 Å². The summed E-state index contributed by atoms with van der Waals surface area (Å²) in [6.45, 7) is 2.39. The van der Waals surface area contributed by atoms with E-state index >= 15 is 0 Å². The molecule has 0 radical (unpaired) electrons. The summed E-state index contributed by atoms with van der Waals surface area (Å²) in [5.41, 5.74) is 1.71. The molecule has 0 heterocycles. The largest absolute Gasteiger partial charge is 0.313 e. The molecule has 0 amide bonds. The van der Waals surface area contributed by atoms with Crippen LogP contribution in [0.3, 0.4) is 0 Å². The summed E-state index contributed by atoms with van der Waals surface area (Å²) in [5.74, 6) is 1.88. The van der Waals surface area contributed by atoms with Crippen LogP contribution in [-0.2, 0) is 0 Å². The summed E-state index contributed by atoms with van der Waals surface area (Å²) in [6.07, 6.45) is 12.3. The van der Waals surface area contributed by atoms with Gasteiger partial charge in [0, 0.05) is 6.04 Å². The minimum Gasteiger partial charge on any atom is -0.313 e. The highest BCUT2D eigenvalue weighted by atomic mass is 14.9. The maximum atomic E-state index is 3.54. The summed E-state index contributed by atoms with van der Waals surface area (Å²) < 4.78 is 0. The molecule has 1 nitrogen and oxygen atoms in total. The van der Waals surface area contributed by atoms with E-state index in [4.69, 9.17) is 0 Å². The zero-order valence-electron chi connectivity index (χ0n) is 10.3. The van der Waals surface area contributed by atoms with Gasteiger partial charge < -0.3 is 5.32 Å². The van der Waals surface area contributed by atoms with Gasteiger partial charge in [0.1, 0.15) is 0 Å². The highest BCUT2D eigenvalue weighted by molar-refractivity contribution is 5.16. The van der Waals surface area contributed by atoms with Crippen molar-refractivity contribution in [3.05, 3.63) is 11.6 Å². The van der Waals surface area contributed by atoms with Crippen LogP contribution in [0.1, 0.15) is 51.9 Å². The molecule has 1 saturated carbocycles. The normalized spacial score (nSPS) is 33.9. The van der Waals surface area contributed by atoms with Gasteiger partial charge in [0.15, 0.2) is 0 Å². The molecule has 2 rings (SSSR count). The first kappa shape index (κ1) is 11.2. The second-order valence-electron chi connectivity index (χ2n) is 5.38. The molecule has 1 N–H and O–H groups in total. The third kappa shape index (κ3) is 2.84. The Morgan fingerprint density at radius 2 is 2.00 bits per heavy atom. The van der Waals surface area contributed by atoms with Crippen LogP contribution in [-0.4, -0.2) is 13.1 Å². The molecular weight excluding hydrogens is 182 g/mol. The van der Waals surface area contributed by atoms with Gasteiger partial charge in [0.25, 0.3) is 0 Å². The number of rotatable bonds is 3. The molecule has 1 fully saturated rings. The first-order chi connectivity index (χ1) is 7.33. The molecule has 2 aliphatic carbocycles. The van der Waals surface area contributed by atoms with Crippen molar-refractivity contribution in [2.24, 2.45) is 11.8 Å². The van der Waals surface area contributed by atoms with E-state index in [-0.39, 0.29) is 0 Å². The fraction of sp³-hybridized carbons (Fsp3) is 0.857. The molecule has 3 atom stereocenters. The smallest absolute Gasteiger partial charge is 0.0307 e. The molecule has 3 unspecified atom stereocenters. The minimum atomic E-state index is 0.693. The van der Waals surface area contributed by atoms with Crippen LogP contribution in [0.5, 0.6) is 0 Å². The molecule has 0 aromatic heterocycles. The van der Waals surface area contributed by atoms with Gasteiger partial charge in [-0.3, -0.25) is 0 Å². The van der Waals surface area contributed by atoms with Crippen LogP contribution < -0.4 is 5.32 Å². The van der Waals surface area contributed by atoms with Gasteiger partial charge in [0.05, 0.1) is 0 Å². The quantitative estimate of drug-likeness (QED) is 0.698. The molecule has 86 valence electrons. The first-order valence-corrected chi connectivity index (χ1v) is 6.69. The maximum Gasteiger partial charge on any atom is 0.0307 e. The Morgan fingerprint density at radius 3 is 2.67 bits per heavy atom. The average molecular weight is 207 g/mol. The van der Waals surface area contributed by atoms with Gasteiger partial charge in [-0.1, -0.05) is 31.4 Å². The minimum absolute atomic E-state index is 0.693. The zero-order valence-corrected chi connectivity index (χ0v) is 10.3. The van der Waals surface area contributed by atoms with Crippen molar-refractivity contribution in [1.82, 2.24) is 5.32 Å². The van der Waals surface area contributed by atoms with Crippen LogP contribution in [0.4, 0.5) is 0 Å². The van der Waals surface area contributed by atoms with Crippen LogP contribution in [0.15, 0.2) is 11.6 Å². The Hall–Kier alpha value is -0.300. The predicted molar refractivity (Wildman–Crippen MR) is 65.9 cm³/mol. The SMILES string of the molecule is CNC(C1=CCCCCCC1)C1CC1C. The predicted octanol–water partition coefficient (Wildman–Crippen LogP) is 3.51. The fourth-order valence-corrected chi connectivity index (χ4v) is 2.99. The van der Waals surface area contributed by atoms with Gasteiger partial charge in [-0.2, -0.15) is 0 Å². The molecule has 1 heteroatoms. The van der Waals surface area contributed by atoms with Gasteiger partial charge >= 0.3 is 0 Å². The van der Waals surface area contributed by atoms with E-state index in [0.717, 1.165) is 11.8 Å². The first-order valence-electron chi connectivity index (χ1n) is 6.69. The lowest BCUT2D eigenvalue weighted by molar-refractivity contribution is 0.504. The van der Waals surface area contributed by atoms with E-state index in [9.17, 15) is 0 Å². The van der Waals surface area contributed by atoms with Gasteiger partial charge in [-0.25, -0.2) is 0 Å². The molecule has 0 aromatic carbocycles. The van der Waals surface area contributed by atoms with Crippen molar-refractivity contribution in [3.8, 4) is 0 Å². The van der Waals surface area contributed by atoms with Crippen LogP contribution in [0.2, 0.25) is 0 Å². The van der Waals surface area contributed by atoms with E-state index in [1.165, 1.54) is 44.9 Å². The highest BCUT2D eigenvalue weighted by Crippen LogP contribution is 2.43. The summed E-state index contributed by atoms with van der Waals surface area (Å²) >= 11 is 0. The summed E-state index contributed by atoms with van der Waals surface area (Å²) in [7, 11) is 2.13. The van der Waals surface area contributed by atoms with Crippen LogP contribution in [0.25, 0.3) is 0 Å². The number of hydrogen-bond acceptors (Lipinski definition) is 1. The Bertz CT molecular complexity index is 231. The Balaban J connectivity index is 1.98. The van der Waals surface area contributed by atoms with E-state index in [2.05, 4.69) is 25.4 Å². The Kier molecular flexibility index (Phi) is 3.85. The summed E-state index contributed by atoms with van der Waals surface area (Å²) in [4.78, 5) is 0. The molecule has 2 aliphatic rings. The van der Waals surface area contributed by atoms with E-state index in [0.29, 0.717) is 6.04 Å². The van der Waals surface area contributed by atoms with E-state index < -0.39 is 0 Å². The van der Waals surface area contributed by atoms with Crippen LogP contribution in [0, 0.1) is 11.8 Å². The number of allylic oxidation sites excluding steroid dienone is 1.